The number of aliphatic hydroxyl groups excluding tert-OH is 1. The van der Waals surface area contributed by atoms with Crippen LogP contribution in [0.2, 0.25) is 5.02 Å². The molecule has 57 heavy (non-hydrogen) atoms. The molecule has 1 aromatic rings. The number of carbonyl (C=O) groups is 3. The third kappa shape index (κ3) is 6.50. The van der Waals surface area contributed by atoms with Crippen molar-refractivity contribution in [2.75, 3.05) is 33.7 Å². The van der Waals surface area contributed by atoms with Gasteiger partial charge >= 0.3 is 11.9 Å². The van der Waals surface area contributed by atoms with E-state index in [0.717, 1.165) is 82.0 Å². The smallest absolute Gasteiger partial charge is 0.309 e. The zero-order chi connectivity index (χ0) is 41.7. The maximum absolute atomic E-state index is 14.3. The van der Waals surface area contributed by atoms with Crippen LogP contribution < -0.4 is 0 Å². The van der Waals surface area contributed by atoms with Gasteiger partial charge in [0, 0.05) is 48.5 Å². The van der Waals surface area contributed by atoms with E-state index in [0.29, 0.717) is 30.5 Å². The Hall–Kier alpha value is -2.26. The minimum atomic E-state index is -1.16. The number of carbonyl (C=O) groups excluding carboxylic acids is 2. The van der Waals surface area contributed by atoms with Gasteiger partial charge in [0.15, 0.2) is 5.78 Å². The van der Waals surface area contributed by atoms with E-state index in [-0.39, 0.29) is 57.2 Å². The summed E-state index contributed by atoms with van der Waals surface area (Å²) in [5.74, 6) is -0.291. The number of fused-ring (bicyclic) bond motifs is 6. The van der Waals surface area contributed by atoms with Gasteiger partial charge in [-0.05, 0) is 148 Å². The summed E-state index contributed by atoms with van der Waals surface area (Å²) in [5.41, 5.74) is 1.83. The summed E-state index contributed by atoms with van der Waals surface area (Å²) in [6.07, 6.45) is 8.45. The Balaban J connectivity index is 1.17. The molecule has 0 aromatic heterocycles. The molecule has 9 heteroatoms. The van der Waals surface area contributed by atoms with E-state index in [1.54, 1.807) is 13.8 Å². The average Bonchev–Trinajstić information content (AvgIpc) is 3.64. The number of benzene rings is 1. The van der Waals surface area contributed by atoms with Crippen molar-refractivity contribution in [2.45, 2.75) is 145 Å². The van der Waals surface area contributed by atoms with E-state index in [1.807, 2.05) is 18.2 Å². The van der Waals surface area contributed by atoms with E-state index in [4.69, 9.17) is 16.3 Å². The standard InChI is InChI=1S/C48H71ClN2O6/c1-30(2)39-34(52)25-47(36(53)28-51(23-22-50(9)10)27-31-12-11-13-32(49)24-31)20-18-43(5)33(40(39)47)14-15-35-44(43,6)19-21-48-29-46(48,8)37(16-17-45(35,48)7)57-38(54)26-42(3,4)41(55)56/h11-13,24,30,33,35-37,53H,14-23,25-29H2,1-10H3,(H,55,56)/t33-,35+,36-,37+,43-,44-,45-,46?,47+,48+/m1/s1. The molecule has 0 radical (unpaired) electrons. The number of Topliss-reactive ketones (excluding diaryl/α,β-unsaturated/α-hetero) is 1. The van der Waals surface area contributed by atoms with Crippen molar-refractivity contribution in [3.05, 3.63) is 46.0 Å². The highest BCUT2D eigenvalue weighted by atomic mass is 35.5. The Kier molecular flexibility index (Phi) is 10.9. The van der Waals surface area contributed by atoms with Crippen molar-refractivity contribution in [2.24, 2.45) is 55.7 Å². The molecule has 0 aliphatic heterocycles. The lowest BCUT2D eigenvalue weighted by atomic mass is 9.33. The lowest BCUT2D eigenvalue weighted by Crippen LogP contribution is -2.65. The highest BCUT2D eigenvalue weighted by Crippen LogP contribution is 2.87. The number of esters is 1. The minimum absolute atomic E-state index is 0.0216. The number of allylic oxidation sites excluding steroid dienone is 1. The highest BCUT2D eigenvalue weighted by molar-refractivity contribution is 6.30. The third-order valence-electron chi connectivity index (χ3n) is 18.1. The van der Waals surface area contributed by atoms with Crippen LogP contribution in [0.5, 0.6) is 0 Å². The summed E-state index contributed by atoms with van der Waals surface area (Å²) in [5, 5.41) is 23.1. The largest absolute Gasteiger partial charge is 0.481 e. The number of aliphatic hydroxyl groups is 1. The first kappa shape index (κ1) is 42.8. The van der Waals surface area contributed by atoms with Crippen molar-refractivity contribution in [1.82, 2.24) is 9.80 Å². The number of likely N-dealkylation sites (N-methyl/N-ethyl adjacent to an activating group) is 1. The molecule has 0 bridgehead atoms. The SMILES string of the molecule is CC(C)C1=C2[C@H]3CC[C@@H]4[C@@]5(C)CC[C@H](OC(=O)CC(C)(C)C(=O)O)C6(C)C[C@]65CC[C@@]4(C)[C@]3(C)CC[C@@]2([C@H](O)CN(CCN(C)C)Cc2cccc(Cl)c2)CC1=O. The van der Waals surface area contributed by atoms with Gasteiger partial charge in [0.2, 0.25) is 0 Å². The molecule has 0 saturated heterocycles. The molecule has 6 aliphatic rings. The number of ketones is 1. The molecule has 10 atom stereocenters. The second-order valence-electron chi connectivity index (χ2n) is 21.9. The van der Waals surface area contributed by atoms with Crippen LogP contribution in [0.3, 0.4) is 0 Å². The molecule has 5 saturated carbocycles. The molecule has 2 N–H and O–H groups in total. The zero-order valence-electron chi connectivity index (χ0n) is 36.6. The predicted molar refractivity (Wildman–Crippen MR) is 225 cm³/mol. The van der Waals surface area contributed by atoms with Crippen molar-refractivity contribution in [3.8, 4) is 0 Å². The number of aliphatic carboxylic acids is 1. The van der Waals surface area contributed by atoms with E-state index < -0.39 is 28.9 Å². The van der Waals surface area contributed by atoms with Crippen LogP contribution in [0.4, 0.5) is 0 Å². The van der Waals surface area contributed by atoms with Gasteiger partial charge in [0.25, 0.3) is 0 Å². The molecule has 7 rings (SSSR count). The molecule has 1 unspecified atom stereocenters. The van der Waals surface area contributed by atoms with Crippen LogP contribution in [-0.4, -0.2) is 83.7 Å². The summed E-state index contributed by atoms with van der Waals surface area (Å²) in [4.78, 5) is 43.9. The number of carboxylic acid groups (broad SMARTS) is 1. The summed E-state index contributed by atoms with van der Waals surface area (Å²) in [7, 11) is 4.17. The summed E-state index contributed by atoms with van der Waals surface area (Å²) < 4.78 is 6.23. The summed E-state index contributed by atoms with van der Waals surface area (Å²) >= 11 is 6.42. The average molecular weight is 808 g/mol. The Bertz CT molecular complexity index is 1820. The molecule has 1 aromatic carbocycles. The molecule has 6 aliphatic carbocycles. The van der Waals surface area contributed by atoms with Gasteiger partial charge in [-0.25, -0.2) is 0 Å². The molecular formula is C48H71ClN2O6. The summed E-state index contributed by atoms with van der Waals surface area (Å²) in [6.45, 7) is 20.5. The van der Waals surface area contributed by atoms with Crippen LogP contribution in [0.25, 0.3) is 0 Å². The number of hydrogen-bond acceptors (Lipinski definition) is 7. The second kappa shape index (κ2) is 14.4. The number of halogens is 1. The van der Waals surface area contributed by atoms with Gasteiger partial charge in [-0.15, -0.1) is 0 Å². The molecule has 0 heterocycles. The van der Waals surface area contributed by atoms with Crippen LogP contribution >= 0.6 is 11.6 Å². The minimum Gasteiger partial charge on any atom is -0.481 e. The zero-order valence-corrected chi connectivity index (χ0v) is 37.4. The first-order chi connectivity index (χ1) is 26.5. The van der Waals surface area contributed by atoms with Gasteiger partial charge in [-0.1, -0.05) is 70.8 Å². The lowest BCUT2D eigenvalue weighted by molar-refractivity contribution is -0.221. The van der Waals surface area contributed by atoms with Crippen molar-refractivity contribution in [3.63, 3.8) is 0 Å². The van der Waals surface area contributed by atoms with Gasteiger partial charge in [-0.2, -0.15) is 0 Å². The fraction of sp³-hybridized carbons (Fsp3) is 0.771. The molecule has 5 fully saturated rings. The van der Waals surface area contributed by atoms with Gasteiger partial charge in [0.05, 0.1) is 17.9 Å². The van der Waals surface area contributed by atoms with Crippen molar-refractivity contribution in [1.29, 1.82) is 0 Å². The number of nitrogens with zero attached hydrogens (tertiary/aromatic N) is 2. The number of carboxylic acids is 1. The molecule has 316 valence electrons. The fourth-order valence-corrected chi connectivity index (χ4v) is 14.8. The van der Waals surface area contributed by atoms with E-state index in [1.165, 1.54) is 5.57 Å². The van der Waals surface area contributed by atoms with Crippen molar-refractivity contribution < 1.29 is 29.3 Å². The fourth-order valence-electron chi connectivity index (χ4n) is 14.6. The number of rotatable bonds is 13. The third-order valence-corrected chi connectivity index (χ3v) is 18.3. The predicted octanol–water partition coefficient (Wildman–Crippen LogP) is 9.21. The van der Waals surface area contributed by atoms with Crippen molar-refractivity contribution >= 4 is 29.3 Å². The van der Waals surface area contributed by atoms with E-state index >= 15 is 0 Å². The molecule has 0 amide bonds. The Morgan fingerprint density at radius 1 is 0.947 bits per heavy atom. The second-order valence-corrected chi connectivity index (χ2v) is 22.4. The van der Waals surface area contributed by atoms with Crippen LogP contribution in [0.15, 0.2) is 35.4 Å². The van der Waals surface area contributed by atoms with Gasteiger partial charge in [-0.3, -0.25) is 19.3 Å². The summed E-state index contributed by atoms with van der Waals surface area (Å²) in [6, 6.07) is 8.01. The Labute approximate surface area is 347 Å². The molecule has 8 nitrogen and oxygen atoms in total. The van der Waals surface area contributed by atoms with Crippen LogP contribution in [0, 0.1) is 55.7 Å². The monoisotopic (exact) mass is 807 g/mol. The Morgan fingerprint density at radius 3 is 2.30 bits per heavy atom. The topological polar surface area (TPSA) is 107 Å². The maximum Gasteiger partial charge on any atom is 0.309 e. The Morgan fingerprint density at radius 2 is 1.65 bits per heavy atom. The molecular weight excluding hydrogens is 736 g/mol. The highest BCUT2D eigenvalue weighted by Gasteiger charge is 2.82. The quantitative estimate of drug-likeness (QED) is 0.190. The number of hydrogen-bond donors (Lipinski definition) is 2. The van der Waals surface area contributed by atoms with Crippen LogP contribution in [0.1, 0.15) is 132 Å². The van der Waals surface area contributed by atoms with Gasteiger partial charge in [0.1, 0.15) is 6.10 Å². The maximum atomic E-state index is 14.3. The normalized spacial score (nSPS) is 39.0. The number of ether oxygens (including phenoxy) is 1. The molecule has 1 spiro atoms. The van der Waals surface area contributed by atoms with Gasteiger partial charge < -0.3 is 19.8 Å². The van der Waals surface area contributed by atoms with Crippen LogP contribution in [-0.2, 0) is 25.7 Å². The lowest BCUT2D eigenvalue weighted by Gasteiger charge is -2.71. The first-order valence-corrected chi connectivity index (χ1v) is 22.4. The van der Waals surface area contributed by atoms with E-state index in [9.17, 15) is 24.6 Å². The van der Waals surface area contributed by atoms with E-state index in [2.05, 4.69) is 71.5 Å². The first-order valence-electron chi connectivity index (χ1n) is 22.0.